The van der Waals surface area contributed by atoms with Gasteiger partial charge in [-0.2, -0.15) is 0 Å². The molecule has 1 aromatic heterocycles. The molecule has 1 aliphatic heterocycles. The molecule has 0 aliphatic carbocycles. The van der Waals surface area contributed by atoms with E-state index in [9.17, 15) is 4.79 Å². The number of hydrogen-bond donors (Lipinski definition) is 1. The van der Waals surface area contributed by atoms with Gasteiger partial charge in [-0.15, -0.1) is 0 Å². The molecule has 4 nitrogen and oxygen atoms in total. The van der Waals surface area contributed by atoms with E-state index in [0.29, 0.717) is 17.9 Å². The van der Waals surface area contributed by atoms with Crippen LogP contribution in [-0.2, 0) is 0 Å². The van der Waals surface area contributed by atoms with Crippen molar-refractivity contribution in [1.29, 1.82) is 0 Å². The second-order valence-corrected chi connectivity index (χ2v) is 5.13. The molecule has 0 radical (unpaired) electrons. The van der Waals surface area contributed by atoms with Crippen molar-refractivity contribution in [1.82, 2.24) is 4.98 Å². The largest absolute Gasteiger partial charge is 0.478 e. The van der Waals surface area contributed by atoms with E-state index in [1.807, 2.05) is 0 Å². The summed E-state index contributed by atoms with van der Waals surface area (Å²) in [5.74, 6) is -0.294. The Morgan fingerprint density at radius 3 is 2.94 bits per heavy atom. The van der Waals surface area contributed by atoms with Crippen molar-refractivity contribution < 1.29 is 9.90 Å². The Bertz CT molecular complexity index is 464. The van der Waals surface area contributed by atoms with Crippen molar-refractivity contribution in [3.05, 3.63) is 22.8 Å². The van der Waals surface area contributed by atoms with E-state index in [-0.39, 0.29) is 10.6 Å². The SMILES string of the molecule is CCC1CCC(C)N1c1cc(C(=O)O)c(Cl)cn1. The van der Waals surface area contributed by atoms with E-state index in [4.69, 9.17) is 16.7 Å². The number of carboxylic acids is 1. The van der Waals surface area contributed by atoms with E-state index in [1.54, 1.807) is 6.07 Å². The summed E-state index contributed by atoms with van der Waals surface area (Å²) < 4.78 is 0. The van der Waals surface area contributed by atoms with Crippen LogP contribution in [0, 0.1) is 0 Å². The zero-order valence-electron chi connectivity index (χ0n) is 10.6. The number of rotatable bonds is 3. The number of pyridine rings is 1. The number of carbonyl (C=O) groups is 1. The highest BCUT2D eigenvalue weighted by molar-refractivity contribution is 6.33. The van der Waals surface area contributed by atoms with Gasteiger partial charge in [0.15, 0.2) is 0 Å². The van der Waals surface area contributed by atoms with Gasteiger partial charge in [-0.1, -0.05) is 18.5 Å². The normalized spacial score (nSPS) is 23.4. The summed E-state index contributed by atoms with van der Waals surface area (Å²) in [5, 5.41) is 9.28. The topological polar surface area (TPSA) is 53.4 Å². The minimum absolute atomic E-state index is 0.121. The summed E-state index contributed by atoms with van der Waals surface area (Å²) in [7, 11) is 0. The van der Waals surface area contributed by atoms with Crippen LogP contribution in [0.4, 0.5) is 5.82 Å². The van der Waals surface area contributed by atoms with Gasteiger partial charge in [-0.05, 0) is 32.3 Å². The maximum atomic E-state index is 11.1. The van der Waals surface area contributed by atoms with Crippen molar-refractivity contribution in [2.45, 2.75) is 45.2 Å². The van der Waals surface area contributed by atoms with E-state index < -0.39 is 5.97 Å². The van der Waals surface area contributed by atoms with Crippen LogP contribution in [0.3, 0.4) is 0 Å². The Morgan fingerprint density at radius 1 is 1.61 bits per heavy atom. The summed E-state index contributed by atoms with van der Waals surface area (Å²) in [6.07, 6.45) is 4.71. The predicted molar refractivity (Wildman–Crippen MR) is 71.5 cm³/mol. The lowest BCUT2D eigenvalue weighted by Gasteiger charge is -2.29. The van der Waals surface area contributed by atoms with Crippen molar-refractivity contribution >= 4 is 23.4 Å². The van der Waals surface area contributed by atoms with E-state index in [0.717, 1.165) is 19.3 Å². The number of hydrogen-bond acceptors (Lipinski definition) is 3. The Kier molecular flexibility index (Phi) is 3.76. The molecule has 5 heteroatoms. The van der Waals surface area contributed by atoms with Crippen LogP contribution in [0.5, 0.6) is 0 Å². The number of anilines is 1. The lowest BCUT2D eigenvalue weighted by atomic mass is 10.1. The van der Waals surface area contributed by atoms with Gasteiger partial charge in [0.05, 0.1) is 10.6 Å². The third kappa shape index (κ3) is 2.29. The van der Waals surface area contributed by atoms with Gasteiger partial charge in [0.25, 0.3) is 0 Å². The first-order valence-corrected chi connectivity index (χ1v) is 6.59. The highest BCUT2D eigenvalue weighted by Gasteiger charge is 2.30. The molecule has 98 valence electrons. The summed E-state index contributed by atoms with van der Waals surface area (Å²) in [5.41, 5.74) is 0.121. The summed E-state index contributed by atoms with van der Waals surface area (Å²) in [6, 6.07) is 2.41. The van der Waals surface area contributed by atoms with Gasteiger partial charge in [-0.3, -0.25) is 0 Å². The predicted octanol–water partition coefficient (Wildman–Crippen LogP) is 3.20. The fourth-order valence-corrected chi connectivity index (χ4v) is 2.80. The number of halogens is 1. The summed E-state index contributed by atoms with van der Waals surface area (Å²) in [6.45, 7) is 4.29. The molecule has 2 heterocycles. The van der Waals surface area contributed by atoms with Gasteiger partial charge >= 0.3 is 5.97 Å². The third-order valence-corrected chi connectivity index (χ3v) is 3.89. The monoisotopic (exact) mass is 268 g/mol. The molecule has 0 aromatic carbocycles. The van der Waals surface area contributed by atoms with Crippen molar-refractivity contribution in [3.8, 4) is 0 Å². The summed E-state index contributed by atoms with van der Waals surface area (Å²) >= 11 is 5.84. The first kappa shape index (κ1) is 13.1. The highest BCUT2D eigenvalue weighted by atomic mass is 35.5. The van der Waals surface area contributed by atoms with Crippen LogP contribution in [0.2, 0.25) is 5.02 Å². The van der Waals surface area contributed by atoms with E-state index in [1.165, 1.54) is 6.20 Å². The maximum absolute atomic E-state index is 11.1. The molecule has 1 aliphatic rings. The minimum Gasteiger partial charge on any atom is -0.478 e. The Balaban J connectivity index is 2.38. The van der Waals surface area contributed by atoms with Crippen LogP contribution in [0.15, 0.2) is 12.3 Å². The van der Waals surface area contributed by atoms with E-state index in [2.05, 4.69) is 23.7 Å². The fraction of sp³-hybridized carbons (Fsp3) is 0.538. The molecule has 2 unspecified atom stereocenters. The first-order valence-electron chi connectivity index (χ1n) is 6.21. The molecule has 2 rings (SSSR count). The van der Waals surface area contributed by atoms with Gasteiger partial charge in [0.1, 0.15) is 5.82 Å². The molecule has 2 atom stereocenters. The smallest absolute Gasteiger partial charge is 0.337 e. The van der Waals surface area contributed by atoms with Crippen LogP contribution in [0.25, 0.3) is 0 Å². The molecule has 1 saturated heterocycles. The van der Waals surface area contributed by atoms with Crippen LogP contribution < -0.4 is 4.90 Å². The Labute approximate surface area is 112 Å². The molecule has 1 fully saturated rings. The maximum Gasteiger partial charge on any atom is 0.337 e. The molecular formula is C13H17ClN2O2. The van der Waals surface area contributed by atoms with E-state index >= 15 is 0 Å². The van der Waals surface area contributed by atoms with Crippen LogP contribution in [-0.4, -0.2) is 28.1 Å². The molecule has 0 amide bonds. The van der Waals surface area contributed by atoms with Crippen molar-refractivity contribution in [2.24, 2.45) is 0 Å². The van der Waals surface area contributed by atoms with Crippen LogP contribution >= 0.6 is 11.6 Å². The molecule has 1 aromatic rings. The highest BCUT2D eigenvalue weighted by Crippen LogP contribution is 2.32. The molecular weight excluding hydrogens is 252 g/mol. The number of carboxylic acid groups (broad SMARTS) is 1. The second kappa shape index (κ2) is 5.14. The zero-order valence-corrected chi connectivity index (χ0v) is 11.3. The first-order chi connectivity index (χ1) is 8.54. The summed E-state index contributed by atoms with van der Waals surface area (Å²) in [4.78, 5) is 17.6. The average molecular weight is 269 g/mol. The standard InChI is InChI=1S/C13H17ClN2O2/c1-3-9-5-4-8(2)16(9)12-6-10(13(17)18)11(14)7-15-12/h6-9H,3-5H2,1-2H3,(H,17,18). The number of aromatic carboxylic acids is 1. The molecule has 18 heavy (non-hydrogen) atoms. The van der Waals surface area contributed by atoms with Crippen LogP contribution in [0.1, 0.15) is 43.5 Å². The van der Waals surface area contributed by atoms with Crippen molar-refractivity contribution in [3.63, 3.8) is 0 Å². The molecule has 0 saturated carbocycles. The molecule has 0 bridgehead atoms. The second-order valence-electron chi connectivity index (χ2n) is 4.72. The third-order valence-electron chi connectivity index (χ3n) is 3.59. The molecule has 1 N–H and O–H groups in total. The van der Waals surface area contributed by atoms with Crippen molar-refractivity contribution in [2.75, 3.05) is 4.90 Å². The lowest BCUT2D eigenvalue weighted by Crippen LogP contribution is -2.34. The average Bonchev–Trinajstić information content (AvgIpc) is 2.71. The number of nitrogens with zero attached hydrogens (tertiary/aromatic N) is 2. The number of aromatic nitrogens is 1. The fourth-order valence-electron chi connectivity index (χ4n) is 2.62. The Hall–Kier alpha value is -1.29. The van der Waals surface area contributed by atoms with Gasteiger partial charge in [0.2, 0.25) is 0 Å². The van der Waals surface area contributed by atoms with Gasteiger partial charge in [-0.25, -0.2) is 9.78 Å². The zero-order chi connectivity index (χ0) is 13.3. The van der Waals surface area contributed by atoms with Gasteiger partial charge in [0, 0.05) is 18.3 Å². The quantitative estimate of drug-likeness (QED) is 0.915. The minimum atomic E-state index is -1.01. The Morgan fingerprint density at radius 2 is 2.33 bits per heavy atom. The lowest BCUT2D eigenvalue weighted by molar-refractivity contribution is 0.0697. The van der Waals surface area contributed by atoms with Gasteiger partial charge < -0.3 is 10.0 Å². The molecule has 0 spiro atoms.